The van der Waals surface area contributed by atoms with Crippen molar-refractivity contribution in [3.05, 3.63) is 0 Å². The van der Waals surface area contributed by atoms with E-state index in [1.807, 2.05) is 0 Å². The van der Waals surface area contributed by atoms with E-state index in [1.165, 1.54) is 38.5 Å². The maximum absolute atomic E-state index is 9.51. The fraction of sp³-hybridized carbons (Fsp3) is 1.00. The van der Waals surface area contributed by atoms with Crippen LogP contribution >= 0.6 is 0 Å². The summed E-state index contributed by atoms with van der Waals surface area (Å²) in [7, 11) is 0. The molecule has 0 amide bonds. The second kappa shape index (κ2) is 8.25. The molecule has 14 heavy (non-hydrogen) atoms. The summed E-state index contributed by atoms with van der Waals surface area (Å²) in [5.41, 5.74) is -0.858. The van der Waals surface area contributed by atoms with Gasteiger partial charge < -0.3 is 10.2 Å². The fourth-order valence-corrected chi connectivity index (χ4v) is 1.54. The summed E-state index contributed by atoms with van der Waals surface area (Å²) in [4.78, 5) is 0. The molecule has 1 unspecified atom stereocenters. The van der Waals surface area contributed by atoms with Crippen LogP contribution in [0.2, 0.25) is 0 Å². The van der Waals surface area contributed by atoms with Gasteiger partial charge in [0.2, 0.25) is 0 Å². The number of hydrogen-bond acceptors (Lipinski definition) is 2. The van der Waals surface area contributed by atoms with E-state index in [2.05, 4.69) is 6.92 Å². The van der Waals surface area contributed by atoms with Crippen LogP contribution in [0.3, 0.4) is 0 Å². The maximum Gasteiger partial charge on any atom is 0.0849 e. The summed E-state index contributed by atoms with van der Waals surface area (Å²) < 4.78 is 0. The first-order valence-corrected chi connectivity index (χ1v) is 5.95. The molecule has 1 atom stereocenters. The lowest BCUT2D eigenvalue weighted by atomic mass is 9.98. The Labute approximate surface area is 88.3 Å². The van der Waals surface area contributed by atoms with Crippen LogP contribution < -0.4 is 0 Å². The van der Waals surface area contributed by atoms with E-state index in [4.69, 9.17) is 5.11 Å². The standard InChI is InChI=1S/C12H26O2/c1-3-4-5-6-7-8-9-10-12(2,14)11-13/h13-14H,3-11H2,1-2H3. The van der Waals surface area contributed by atoms with Gasteiger partial charge in [0.15, 0.2) is 0 Å². The van der Waals surface area contributed by atoms with Crippen molar-refractivity contribution in [1.29, 1.82) is 0 Å². The van der Waals surface area contributed by atoms with Gasteiger partial charge in [0.25, 0.3) is 0 Å². The highest BCUT2D eigenvalue weighted by atomic mass is 16.3. The lowest BCUT2D eigenvalue weighted by Gasteiger charge is -2.19. The second-order valence-electron chi connectivity index (χ2n) is 4.53. The van der Waals surface area contributed by atoms with E-state index in [-0.39, 0.29) is 6.61 Å². The zero-order valence-corrected chi connectivity index (χ0v) is 9.76. The van der Waals surface area contributed by atoms with E-state index in [0.29, 0.717) is 0 Å². The lowest BCUT2D eigenvalue weighted by molar-refractivity contribution is -0.00695. The van der Waals surface area contributed by atoms with Crippen LogP contribution in [-0.4, -0.2) is 22.4 Å². The van der Waals surface area contributed by atoms with Crippen molar-refractivity contribution in [1.82, 2.24) is 0 Å². The molecule has 0 aliphatic heterocycles. The fourth-order valence-electron chi connectivity index (χ4n) is 1.54. The molecule has 0 spiro atoms. The third kappa shape index (κ3) is 8.52. The molecule has 0 saturated carbocycles. The third-order valence-electron chi connectivity index (χ3n) is 2.66. The Hall–Kier alpha value is -0.0800. The molecule has 0 aromatic heterocycles. The number of aliphatic hydroxyl groups is 2. The molecular formula is C12H26O2. The van der Waals surface area contributed by atoms with Crippen molar-refractivity contribution in [3.63, 3.8) is 0 Å². The van der Waals surface area contributed by atoms with Crippen LogP contribution in [0.4, 0.5) is 0 Å². The van der Waals surface area contributed by atoms with Gasteiger partial charge in [-0.05, 0) is 13.3 Å². The van der Waals surface area contributed by atoms with Crippen LogP contribution in [0.25, 0.3) is 0 Å². The molecule has 2 nitrogen and oxygen atoms in total. The van der Waals surface area contributed by atoms with Gasteiger partial charge >= 0.3 is 0 Å². The summed E-state index contributed by atoms with van der Waals surface area (Å²) in [5.74, 6) is 0. The predicted molar refractivity (Wildman–Crippen MR) is 60.3 cm³/mol. The predicted octanol–water partition coefficient (Wildman–Crippen LogP) is 2.87. The zero-order valence-electron chi connectivity index (χ0n) is 9.76. The van der Waals surface area contributed by atoms with Crippen LogP contribution in [-0.2, 0) is 0 Å². The van der Waals surface area contributed by atoms with Crippen LogP contribution in [0.15, 0.2) is 0 Å². The van der Waals surface area contributed by atoms with E-state index >= 15 is 0 Å². The Morgan fingerprint density at radius 3 is 1.93 bits per heavy atom. The minimum Gasteiger partial charge on any atom is -0.393 e. The van der Waals surface area contributed by atoms with E-state index in [0.717, 1.165) is 12.8 Å². The Kier molecular flexibility index (Phi) is 8.20. The molecule has 0 aliphatic carbocycles. The first-order valence-electron chi connectivity index (χ1n) is 5.95. The molecule has 0 radical (unpaired) electrons. The molecule has 86 valence electrons. The molecule has 0 aromatic rings. The van der Waals surface area contributed by atoms with Gasteiger partial charge in [0.05, 0.1) is 12.2 Å². The molecule has 0 heterocycles. The Morgan fingerprint density at radius 2 is 1.43 bits per heavy atom. The van der Waals surface area contributed by atoms with Gasteiger partial charge in [-0.15, -0.1) is 0 Å². The maximum atomic E-state index is 9.51. The van der Waals surface area contributed by atoms with Crippen LogP contribution in [0.1, 0.15) is 65.2 Å². The molecule has 2 heteroatoms. The molecule has 0 bridgehead atoms. The molecule has 0 aromatic carbocycles. The average molecular weight is 202 g/mol. The monoisotopic (exact) mass is 202 g/mol. The zero-order chi connectivity index (χ0) is 10.9. The topological polar surface area (TPSA) is 40.5 Å². The summed E-state index contributed by atoms with van der Waals surface area (Å²) in [5, 5.41) is 18.3. The van der Waals surface area contributed by atoms with Gasteiger partial charge in [-0.1, -0.05) is 51.9 Å². The number of hydrogen-bond donors (Lipinski definition) is 2. The van der Waals surface area contributed by atoms with Crippen molar-refractivity contribution in [3.8, 4) is 0 Å². The summed E-state index contributed by atoms with van der Waals surface area (Å²) >= 11 is 0. The van der Waals surface area contributed by atoms with Crippen molar-refractivity contribution in [2.24, 2.45) is 0 Å². The largest absolute Gasteiger partial charge is 0.393 e. The molecule has 0 rings (SSSR count). The van der Waals surface area contributed by atoms with Gasteiger partial charge in [-0.2, -0.15) is 0 Å². The van der Waals surface area contributed by atoms with E-state index in [9.17, 15) is 5.11 Å². The summed E-state index contributed by atoms with van der Waals surface area (Å²) in [6, 6.07) is 0. The van der Waals surface area contributed by atoms with Crippen molar-refractivity contribution in [2.75, 3.05) is 6.61 Å². The highest BCUT2D eigenvalue weighted by molar-refractivity contribution is 4.70. The minimum absolute atomic E-state index is 0.122. The Bertz CT molecular complexity index is 121. The van der Waals surface area contributed by atoms with Crippen molar-refractivity contribution in [2.45, 2.75) is 70.8 Å². The van der Waals surface area contributed by atoms with Crippen molar-refractivity contribution < 1.29 is 10.2 Å². The average Bonchev–Trinajstić information content (AvgIpc) is 2.16. The minimum atomic E-state index is -0.858. The second-order valence-corrected chi connectivity index (χ2v) is 4.53. The third-order valence-corrected chi connectivity index (χ3v) is 2.66. The normalized spacial score (nSPS) is 15.4. The SMILES string of the molecule is CCCCCCCCCC(C)(O)CO. The Morgan fingerprint density at radius 1 is 0.929 bits per heavy atom. The molecule has 0 fully saturated rings. The lowest BCUT2D eigenvalue weighted by Crippen LogP contribution is -2.28. The van der Waals surface area contributed by atoms with Gasteiger partial charge in [0.1, 0.15) is 0 Å². The highest BCUT2D eigenvalue weighted by Crippen LogP contribution is 2.15. The molecular weight excluding hydrogens is 176 g/mol. The van der Waals surface area contributed by atoms with Crippen LogP contribution in [0, 0.1) is 0 Å². The Balaban J connectivity index is 3.13. The molecule has 0 aliphatic rings. The van der Waals surface area contributed by atoms with Crippen molar-refractivity contribution >= 4 is 0 Å². The van der Waals surface area contributed by atoms with E-state index < -0.39 is 5.60 Å². The highest BCUT2D eigenvalue weighted by Gasteiger charge is 2.17. The number of aliphatic hydroxyl groups excluding tert-OH is 1. The molecule has 2 N–H and O–H groups in total. The van der Waals surface area contributed by atoms with Gasteiger partial charge in [-0.25, -0.2) is 0 Å². The molecule has 0 saturated heterocycles. The first-order chi connectivity index (χ1) is 6.62. The van der Waals surface area contributed by atoms with Gasteiger partial charge in [0, 0.05) is 0 Å². The summed E-state index contributed by atoms with van der Waals surface area (Å²) in [6.07, 6.45) is 9.48. The quantitative estimate of drug-likeness (QED) is 0.564. The summed E-state index contributed by atoms with van der Waals surface area (Å²) in [6.45, 7) is 3.80. The smallest absolute Gasteiger partial charge is 0.0849 e. The van der Waals surface area contributed by atoms with E-state index in [1.54, 1.807) is 6.92 Å². The number of unbranched alkanes of at least 4 members (excludes halogenated alkanes) is 6. The first kappa shape index (κ1) is 13.9. The van der Waals surface area contributed by atoms with Gasteiger partial charge in [-0.3, -0.25) is 0 Å². The number of rotatable bonds is 9. The van der Waals surface area contributed by atoms with Crippen LogP contribution in [0.5, 0.6) is 0 Å².